The Morgan fingerprint density at radius 2 is 1.82 bits per heavy atom. The molecule has 0 bridgehead atoms. The predicted octanol–water partition coefficient (Wildman–Crippen LogP) is 6.14. The van der Waals surface area contributed by atoms with Crippen molar-refractivity contribution < 1.29 is 19.4 Å². The average Bonchev–Trinajstić information content (AvgIpc) is 2.75. The highest BCUT2D eigenvalue weighted by atomic mass is 16.5. The number of methoxy groups -OCH3 is 2. The largest absolute Gasteiger partial charge is 0.497 e. The summed E-state index contributed by atoms with van der Waals surface area (Å²) in [5.74, 6) is 2.00. The number of carbonyl (C=O) groups is 1. The third-order valence-corrected chi connectivity index (χ3v) is 8.38. The van der Waals surface area contributed by atoms with Crippen molar-refractivity contribution in [2.24, 2.45) is 22.7 Å². The molecule has 2 N–H and O–H groups in total. The van der Waals surface area contributed by atoms with Crippen LogP contribution in [0.3, 0.4) is 0 Å². The van der Waals surface area contributed by atoms with E-state index in [0.717, 1.165) is 44.1 Å². The monoisotopic (exact) mass is 455 g/mol. The zero-order valence-electron chi connectivity index (χ0n) is 21.2. The van der Waals surface area contributed by atoms with Gasteiger partial charge in [-0.1, -0.05) is 38.5 Å². The molecule has 2 aliphatic rings. The van der Waals surface area contributed by atoms with Crippen LogP contribution in [0.5, 0.6) is 11.5 Å². The fourth-order valence-electron chi connectivity index (χ4n) is 6.42. The van der Waals surface area contributed by atoms with Crippen molar-refractivity contribution in [3.8, 4) is 11.5 Å². The summed E-state index contributed by atoms with van der Waals surface area (Å²) in [7, 11) is 3.17. The molecule has 1 aromatic carbocycles. The first-order valence-corrected chi connectivity index (χ1v) is 12.1. The first-order valence-electron chi connectivity index (χ1n) is 12.1. The molecule has 2 saturated carbocycles. The Labute approximate surface area is 199 Å². The molecule has 0 aromatic heterocycles. The summed E-state index contributed by atoms with van der Waals surface area (Å²) in [5, 5.41) is 13.6. The van der Waals surface area contributed by atoms with Crippen molar-refractivity contribution >= 4 is 11.6 Å². The van der Waals surface area contributed by atoms with Gasteiger partial charge in [-0.15, -0.1) is 0 Å². The minimum absolute atomic E-state index is 0.0749. The maximum absolute atomic E-state index is 12.6. The number of hydrogen-bond donors (Lipinski definition) is 2. The van der Waals surface area contributed by atoms with Crippen molar-refractivity contribution in [1.82, 2.24) is 0 Å². The molecule has 5 nitrogen and oxygen atoms in total. The van der Waals surface area contributed by atoms with E-state index in [0.29, 0.717) is 29.0 Å². The van der Waals surface area contributed by atoms with Crippen molar-refractivity contribution in [2.75, 3.05) is 19.5 Å². The summed E-state index contributed by atoms with van der Waals surface area (Å²) in [5.41, 5.74) is 3.10. The molecule has 2 aliphatic carbocycles. The average molecular weight is 456 g/mol. The quantitative estimate of drug-likeness (QED) is 0.383. The van der Waals surface area contributed by atoms with Crippen LogP contribution in [-0.4, -0.2) is 31.3 Å². The van der Waals surface area contributed by atoms with Crippen LogP contribution in [0, 0.1) is 22.7 Å². The molecule has 182 valence electrons. The predicted molar refractivity (Wildman–Crippen MR) is 134 cm³/mol. The van der Waals surface area contributed by atoms with Crippen molar-refractivity contribution in [3.05, 3.63) is 42.0 Å². The van der Waals surface area contributed by atoms with Gasteiger partial charge in [0, 0.05) is 30.0 Å². The molecule has 1 amide bonds. The molecule has 0 radical (unpaired) electrons. The van der Waals surface area contributed by atoms with Crippen molar-refractivity contribution in [1.29, 1.82) is 0 Å². The highest BCUT2D eigenvalue weighted by molar-refractivity contribution is 6.00. The molecule has 33 heavy (non-hydrogen) atoms. The second-order valence-corrected chi connectivity index (χ2v) is 10.8. The summed E-state index contributed by atoms with van der Waals surface area (Å²) in [6.07, 6.45) is 7.32. The van der Waals surface area contributed by atoms with E-state index >= 15 is 0 Å². The molecule has 1 aromatic rings. The van der Waals surface area contributed by atoms with Gasteiger partial charge < -0.3 is 19.9 Å². The van der Waals surface area contributed by atoms with Crippen LogP contribution in [0.4, 0.5) is 5.69 Å². The Balaban J connectivity index is 1.67. The van der Waals surface area contributed by atoms with Crippen LogP contribution in [0.2, 0.25) is 0 Å². The molecule has 0 unspecified atom stereocenters. The number of anilines is 1. The number of aliphatic hydroxyl groups excluding tert-OH is 1. The lowest BCUT2D eigenvalue weighted by Crippen LogP contribution is -2.54. The van der Waals surface area contributed by atoms with Crippen LogP contribution in [-0.2, 0) is 4.79 Å². The number of rotatable bonds is 7. The number of amides is 1. The Morgan fingerprint density at radius 1 is 1.18 bits per heavy atom. The highest BCUT2D eigenvalue weighted by Gasteiger charge is 2.55. The first-order chi connectivity index (χ1) is 15.5. The molecule has 0 spiro atoms. The molecule has 0 aliphatic heterocycles. The number of allylic oxidation sites excluding steroid dienone is 2. The van der Waals surface area contributed by atoms with Gasteiger partial charge >= 0.3 is 0 Å². The minimum Gasteiger partial charge on any atom is -0.497 e. The third-order valence-electron chi connectivity index (χ3n) is 8.38. The number of nitrogens with one attached hydrogen (secondary N) is 1. The Kier molecular flexibility index (Phi) is 7.62. The number of fused-ring (bicyclic) bond motifs is 1. The van der Waals surface area contributed by atoms with E-state index in [2.05, 4.69) is 32.7 Å². The summed E-state index contributed by atoms with van der Waals surface area (Å²) in [6.45, 7) is 13.3. The van der Waals surface area contributed by atoms with Crippen molar-refractivity contribution in [3.63, 3.8) is 0 Å². The molecule has 5 heteroatoms. The zero-order valence-corrected chi connectivity index (χ0v) is 21.2. The fraction of sp³-hybridized carbons (Fsp3) is 0.607. The van der Waals surface area contributed by atoms with E-state index in [-0.39, 0.29) is 22.8 Å². The fourth-order valence-corrected chi connectivity index (χ4v) is 6.42. The van der Waals surface area contributed by atoms with Gasteiger partial charge in [-0.25, -0.2) is 0 Å². The van der Waals surface area contributed by atoms with E-state index in [1.807, 2.05) is 6.92 Å². The lowest BCUT2D eigenvalue weighted by atomic mass is 9.46. The van der Waals surface area contributed by atoms with Gasteiger partial charge in [-0.3, -0.25) is 4.79 Å². The van der Waals surface area contributed by atoms with Crippen LogP contribution < -0.4 is 14.8 Å². The standard InChI is InChI=1S/C28H41NO4/c1-18(14-26(31)29-20-15-21(32-6)17-22(16-20)33-7)8-10-23-19(2)9-11-24-27(3,4)25(30)12-13-28(23,24)5/h14-17,23-25,30H,2,8-13H2,1,3-7H3,(H,29,31)/b18-14+/t23-,24-,25-,28+/m1/s1. The minimum atomic E-state index is -0.233. The number of carbonyl (C=O) groups excluding carboxylic acids is 1. The smallest absolute Gasteiger partial charge is 0.248 e. The molecule has 4 atom stereocenters. The van der Waals surface area contributed by atoms with E-state index < -0.39 is 0 Å². The molecule has 0 saturated heterocycles. The van der Waals surface area contributed by atoms with Gasteiger partial charge in [-0.2, -0.15) is 0 Å². The SMILES string of the molecule is C=C1CC[C@@H]2C(C)(C)[C@H](O)CC[C@@]2(C)[C@@H]1CC/C(C)=C/C(=O)Nc1cc(OC)cc(OC)c1. The summed E-state index contributed by atoms with van der Waals surface area (Å²) in [4.78, 5) is 12.6. The number of ether oxygens (including phenoxy) is 2. The van der Waals surface area contributed by atoms with Crippen LogP contribution in [0.15, 0.2) is 42.0 Å². The molecule has 2 fully saturated rings. The summed E-state index contributed by atoms with van der Waals surface area (Å²) >= 11 is 0. The van der Waals surface area contributed by atoms with Crippen LogP contribution >= 0.6 is 0 Å². The lowest BCUT2D eigenvalue weighted by molar-refractivity contribution is -0.124. The Bertz CT molecular complexity index is 896. The maximum Gasteiger partial charge on any atom is 0.248 e. The molecular weight excluding hydrogens is 414 g/mol. The second kappa shape index (κ2) is 9.92. The van der Waals surface area contributed by atoms with Crippen molar-refractivity contribution in [2.45, 2.75) is 72.3 Å². The van der Waals surface area contributed by atoms with Gasteiger partial charge in [0.05, 0.1) is 20.3 Å². The van der Waals surface area contributed by atoms with E-state index in [9.17, 15) is 9.90 Å². The van der Waals surface area contributed by atoms with E-state index in [1.165, 1.54) is 5.57 Å². The third kappa shape index (κ3) is 5.29. The first kappa shape index (κ1) is 25.4. The molecule has 3 rings (SSSR count). The Morgan fingerprint density at radius 3 is 2.42 bits per heavy atom. The second-order valence-electron chi connectivity index (χ2n) is 10.8. The summed E-state index contributed by atoms with van der Waals surface area (Å²) in [6, 6.07) is 5.32. The van der Waals surface area contributed by atoms with Gasteiger partial charge in [-0.05, 0) is 68.1 Å². The highest BCUT2D eigenvalue weighted by Crippen LogP contribution is 2.61. The van der Waals surface area contributed by atoms with E-state index in [4.69, 9.17) is 9.47 Å². The molecule has 0 heterocycles. The van der Waals surface area contributed by atoms with E-state index in [1.54, 1.807) is 38.5 Å². The number of benzene rings is 1. The van der Waals surface area contributed by atoms with Gasteiger partial charge in [0.2, 0.25) is 5.91 Å². The number of aliphatic hydroxyl groups is 1. The molecular formula is C28H41NO4. The maximum atomic E-state index is 12.6. The summed E-state index contributed by atoms with van der Waals surface area (Å²) < 4.78 is 10.6. The Hall–Kier alpha value is -2.27. The zero-order chi connectivity index (χ0) is 24.4. The van der Waals surface area contributed by atoms with Crippen LogP contribution in [0.1, 0.15) is 66.2 Å². The van der Waals surface area contributed by atoms with Gasteiger partial charge in [0.1, 0.15) is 11.5 Å². The normalized spacial score (nSPS) is 29.2. The topological polar surface area (TPSA) is 67.8 Å². The number of hydrogen-bond acceptors (Lipinski definition) is 4. The van der Waals surface area contributed by atoms with Gasteiger partial charge in [0.15, 0.2) is 0 Å². The van der Waals surface area contributed by atoms with Crippen LogP contribution in [0.25, 0.3) is 0 Å². The lowest BCUT2D eigenvalue weighted by Gasteiger charge is -2.59. The van der Waals surface area contributed by atoms with Gasteiger partial charge in [0.25, 0.3) is 0 Å².